The van der Waals surface area contributed by atoms with Crippen molar-refractivity contribution in [2.24, 2.45) is 19.2 Å². The summed E-state index contributed by atoms with van der Waals surface area (Å²) in [6.45, 7) is 3.11. The maximum atomic E-state index is 12.4. The highest BCUT2D eigenvalue weighted by Crippen LogP contribution is 2.09. The number of nitrogens with two attached hydrogens (primary N) is 1. The maximum absolute atomic E-state index is 12.4. The first kappa shape index (κ1) is 33.6. The Bertz CT molecular complexity index is 1610. The fraction of sp³-hybridized carbons (Fsp3) is 0.500. The molecule has 0 aliphatic rings. The number of aryl methyl sites for hydroxylation is 1. The van der Waals surface area contributed by atoms with Crippen LogP contribution in [0, 0.1) is 0 Å². The topological polar surface area (TPSA) is 208 Å². The molecule has 3 aromatic rings. The van der Waals surface area contributed by atoms with Gasteiger partial charge >= 0.3 is 5.69 Å². The molecule has 0 aliphatic carbocycles. The summed E-state index contributed by atoms with van der Waals surface area (Å²) in [6.07, 6.45) is 2.55. The Morgan fingerprint density at radius 3 is 2.00 bits per heavy atom. The molecule has 0 bridgehead atoms. The zero-order chi connectivity index (χ0) is 31.4. The largest absolute Gasteiger partial charge is 0.379 e. The number of rotatable bonds is 18. The van der Waals surface area contributed by atoms with Crippen LogP contribution in [0.2, 0.25) is 0 Å². The second kappa shape index (κ2) is 16.1. The fourth-order valence-electron chi connectivity index (χ4n) is 3.95. The van der Waals surface area contributed by atoms with Crippen LogP contribution in [-0.2, 0) is 49.7 Å². The lowest BCUT2D eigenvalue weighted by Crippen LogP contribution is -2.38. The number of imidazole rings is 1. The minimum Gasteiger partial charge on any atom is -0.379 e. The van der Waals surface area contributed by atoms with Crippen molar-refractivity contribution in [3.63, 3.8) is 0 Å². The van der Waals surface area contributed by atoms with Crippen molar-refractivity contribution in [2.45, 2.75) is 24.3 Å². The van der Waals surface area contributed by atoms with Gasteiger partial charge in [-0.15, -0.1) is 0 Å². The number of nitrogens with one attached hydrogen (secondary N) is 2. The van der Waals surface area contributed by atoms with Gasteiger partial charge in [-0.1, -0.05) is 0 Å². The Labute approximate surface area is 247 Å². The summed E-state index contributed by atoms with van der Waals surface area (Å²) in [5.74, 6) is -0.615. The van der Waals surface area contributed by atoms with Crippen molar-refractivity contribution >= 4 is 33.0 Å². The fourth-order valence-corrected chi connectivity index (χ4v) is 4.46. The number of carbonyl (C=O) groups is 2. The van der Waals surface area contributed by atoms with Gasteiger partial charge in [0, 0.05) is 46.0 Å². The minimum absolute atomic E-state index is 0.0576. The van der Waals surface area contributed by atoms with Gasteiger partial charge in [0.1, 0.15) is 6.54 Å². The third-order valence-electron chi connectivity index (χ3n) is 6.26. The van der Waals surface area contributed by atoms with E-state index in [2.05, 4.69) is 15.6 Å². The highest BCUT2D eigenvalue weighted by atomic mass is 32.2. The lowest BCUT2D eigenvalue weighted by atomic mass is 10.2. The number of ether oxygens (including phenoxy) is 3. The Morgan fingerprint density at radius 1 is 0.860 bits per heavy atom. The van der Waals surface area contributed by atoms with E-state index in [0.717, 1.165) is 4.57 Å². The van der Waals surface area contributed by atoms with Crippen LogP contribution in [0.4, 0.5) is 0 Å². The summed E-state index contributed by atoms with van der Waals surface area (Å²) < 4.78 is 42.6. The summed E-state index contributed by atoms with van der Waals surface area (Å²) in [4.78, 5) is 52.9. The second-order valence-corrected chi connectivity index (χ2v) is 11.0. The predicted molar refractivity (Wildman–Crippen MR) is 155 cm³/mol. The zero-order valence-electron chi connectivity index (χ0n) is 24.1. The van der Waals surface area contributed by atoms with E-state index in [1.807, 2.05) is 0 Å². The molecule has 2 amide bonds. The minimum atomic E-state index is -3.80. The highest BCUT2D eigenvalue weighted by molar-refractivity contribution is 7.89. The Kier molecular flexibility index (Phi) is 12.6. The summed E-state index contributed by atoms with van der Waals surface area (Å²) in [5, 5.41) is 10.5. The molecule has 2 heterocycles. The summed E-state index contributed by atoms with van der Waals surface area (Å²) in [5.41, 5.74) is -0.258. The third kappa shape index (κ3) is 9.82. The number of amides is 2. The SMILES string of the molecule is Cn1c(=O)c2c(ncn2CC(=O)NCCCOCCOCCOCCCNC(=O)c2ccc(S(N)(=O)=O)cc2)n(C)c1=O. The van der Waals surface area contributed by atoms with E-state index in [-0.39, 0.29) is 34.4 Å². The first-order chi connectivity index (χ1) is 20.5. The van der Waals surface area contributed by atoms with Crippen LogP contribution >= 0.6 is 0 Å². The Balaban J connectivity index is 1.15. The van der Waals surface area contributed by atoms with Crippen LogP contribution in [0.25, 0.3) is 11.2 Å². The molecule has 0 radical (unpaired) electrons. The number of nitrogens with zero attached hydrogens (tertiary/aromatic N) is 4. The molecule has 3 rings (SSSR count). The van der Waals surface area contributed by atoms with Crippen LogP contribution in [0.15, 0.2) is 45.1 Å². The van der Waals surface area contributed by atoms with E-state index >= 15 is 0 Å². The average Bonchev–Trinajstić information content (AvgIpc) is 3.39. The van der Waals surface area contributed by atoms with E-state index in [1.165, 1.54) is 53.8 Å². The van der Waals surface area contributed by atoms with Crippen LogP contribution in [0.1, 0.15) is 23.2 Å². The van der Waals surface area contributed by atoms with Gasteiger partial charge in [0.05, 0.1) is 37.7 Å². The van der Waals surface area contributed by atoms with E-state index in [0.29, 0.717) is 71.1 Å². The molecule has 0 saturated carbocycles. The van der Waals surface area contributed by atoms with Gasteiger partial charge < -0.3 is 29.4 Å². The summed E-state index contributed by atoms with van der Waals surface area (Å²) >= 11 is 0. The van der Waals surface area contributed by atoms with Crippen molar-refractivity contribution in [1.82, 2.24) is 29.3 Å². The molecule has 0 unspecified atom stereocenters. The standard InChI is InChI=1S/C26H37N7O9S/c1-31-23-22(25(36)32(2)26(31)37)33(18-30-23)17-21(34)28-9-3-11-40-13-15-42-16-14-41-12-4-10-29-24(35)19-5-7-20(8-6-19)43(27,38)39/h5-8,18H,3-4,9-17H2,1-2H3,(H,28,34)(H,29,35)(H2,27,38,39). The van der Waals surface area contributed by atoms with Crippen molar-refractivity contribution in [2.75, 3.05) is 52.7 Å². The molecule has 0 spiro atoms. The molecule has 236 valence electrons. The molecule has 16 nitrogen and oxygen atoms in total. The average molecular weight is 624 g/mol. The molecule has 43 heavy (non-hydrogen) atoms. The van der Waals surface area contributed by atoms with Crippen molar-refractivity contribution in [3.05, 3.63) is 57.0 Å². The van der Waals surface area contributed by atoms with Crippen LogP contribution in [-0.4, -0.2) is 91.6 Å². The van der Waals surface area contributed by atoms with E-state index in [9.17, 15) is 27.6 Å². The molecule has 2 aromatic heterocycles. The Hall–Kier alpha value is -3.90. The predicted octanol–water partition coefficient (Wildman–Crippen LogP) is -1.54. The van der Waals surface area contributed by atoms with Crippen molar-refractivity contribution < 1.29 is 32.2 Å². The number of fused-ring (bicyclic) bond motifs is 1. The zero-order valence-corrected chi connectivity index (χ0v) is 24.9. The molecule has 0 aliphatic heterocycles. The molecular formula is C26H37N7O9S. The molecule has 1 aromatic carbocycles. The van der Waals surface area contributed by atoms with Crippen LogP contribution < -0.4 is 27.0 Å². The number of sulfonamides is 1. The van der Waals surface area contributed by atoms with Gasteiger partial charge in [0.2, 0.25) is 15.9 Å². The number of carbonyl (C=O) groups excluding carboxylic acids is 2. The van der Waals surface area contributed by atoms with E-state index in [4.69, 9.17) is 19.3 Å². The van der Waals surface area contributed by atoms with E-state index < -0.39 is 21.3 Å². The first-order valence-corrected chi connectivity index (χ1v) is 15.1. The van der Waals surface area contributed by atoms with Gasteiger partial charge in [-0.05, 0) is 37.1 Å². The Morgan fingerprint density at radius 2 is 1.42 bits per heavy atom. The van der Waals surface area contributed by atoms with Gasteiger partial charge in [0.15, 0.2) is 11.2 Å². The first-order valence-electron chi connectivity index (χ1n) is 13.5. The van der Waals surface area contributed by atoms with Crippen LogP contribution in [0.3, 0.4) is 0 Å². The maximum Gasteiger partial charge on any atom is 0.332 e. The van der Waals surface area contributed by atoms with Crippen molar-refractivity contribution in [3.8, 4) is 0 Å². The van der Waals surface area contributed by atoms with Gasteiger partial charge in [0.25, 0.3) is 11.5 Å². The number of benzene rings is 1. The number of hydrogen-bond acceptors (Lipinski definition) is 10. The molecule has 4 N–H and O–H groups in total. The molecular weight excluding hydrogens is 586 g/mol. The van der Waals surface area contributed by atoms with Gasteiger partial charge in [-0.3, -0.25) is 23.5 Å². The van der Waals surface area contributed by atoms with Gasteiger partial charge in [-0.2, -0.15) is 0 Å². The number of hydrogen-bond donors (Lipinski definition) is 3. The summed E-state index contributed by atoms with van der Waals surface area (Å²) in [7, 11) is -0.909. The van der Waals surface area contributed by atoms with E-state index in [1.54, 1.807) is 0 Å². The quantitative estimate of drug-likeness (QED) is 0.139. The third-order valence-corrected chi connectivity index (χ3v) is 7.19. The highest BCUT2D eigenvalue weighted by Gasteiger charge is 2.16. The molecule has 17 heteroatoms. The number of primary sulfonamides is 1. The second-order valence-electron chi connectivity index (χ2n) is 9.47. The monoisotopic (exact) mass is 623 g/mol. The lowest BCUT2D eigenvalue weighted by molar-refractivity contribution is -0.121. The number of aromatic nitrogens is 4. The lowest BCUT2D eigenvalue weighted by Gasteiger charge is -2.09. The molecule has 0 saturated heterocycles. The molecule has 0 fully saturated rings. The van der Waals surface area contributed by atoms with Crippen LogP contribution in [0.5, 0.6) is 0 Å². The molecule has 0 atom stereocenters. The summed E-state index contributed by atoms with van der Waals surface area (Å²) in [6, 6.07) is 5.36. The smallest absolute Gasteiger partial charge is 0.332 e. The van der Waals surface area contributed by atoms with Gasteiger partial charge in [-0.25, -0.2) is 23.3 Å². The van der Waals surface area contributed by atoms with Crippen molar-refractivity contribution in [1.29, 1.82) is 0 Å². The normalized spacial score (nSPS) is 11.6.